The Hall–Kier alpha value is -1.64. The molecule has 0 fully saturated rings. The lowest BCUT2D eigenvalue weighted by Crippen LogP contribution is -2.22. The van der Waals surface area contributed by atoms with Gasteiger partial charge in [-0.1, -0.05) is 51.8 Å². The number of sulfone groups is 1. The van der Waals surface area contributed by atoms with Crippen molar-refractivity contribution in [2.24, 2.45) is 0 Å². The lowest BCUT2D eigenvalue weighted by molar-refractivity contribution is 0.588. The molecular formula is C16H14BrNO2S. The van der Waals surface area contributed by atoms with Crippen molar-refractivity contribution in [3.63, 3.8) is 0 Å². The van der Waals surface area contributed by atoms with Crippen LogP contribution in [0.2, 0.25) is 0 Å². The monoisotopic (exact) mass is 363 g/mol. The van der Waals surface area contributed by atoms with Gasteiger partial charge in [0.15, 0.2) is 15.1 Å². The van der Waals surface area contributed by atoms with E-state index < -0.39 is 15.1 Å². The summed E-state index contributed by atoms with van der Waals surface area (Å²) < 4.78 is 25.9. The second-order valence-corrected chi connectivity index (χ2v) is 7.76. The van der Waals surface area contributed by atoms with Crippen molar-refractivity contribution in [1.82, 2.24) is 0 Å². The molecule has 108 valence electrons. The van der Waals surface area contributed by atoms with Crippen LogP contribution in [-0.4, -0.2) is 13.7 Å². The summed E-state index contributed by atoms with van der Waals surface area (Å²) in [5.41, 5.74) is 1.79. The van der Waals surface area contributed by atoms with Gasteiger partial charge >= 0.3 is 0 Å². The molecule has 0 amide bonds. The molecule has 2 rings (SSSR count). The maximum Gasteiger partial charge on any atom is 0.194 e. The molecule has 0 aliphatic rings. The average Bonchev–Trinajstić information content (AvgIpc) is 2.46. The van der Waals surface area contributed by atoms with Gasteiger partial charge in [-0.2, -0.15) is 5.26 Å². The number of nitriles is 1. The van der Waals surface area contributed by atoms with E-state index in [1.807, 2.05) is 37.3 Å². The van der Waals surface area contributed by atoms with Crippen LogP contribution in [0.4, 0.5) is 0 Å². The highest BCUT2D eigenvalue weighted by Gasteiger charge is 2.28. The first-order valence-electron chi connectivity index (χ1n) is 6.38. The molecule has 3 nitrogen and oxygen atoms in total. The Morgan fingerprint density at radius 2 is 1.76 bits per heavy atom. The lowest BCUT2D eigenvalue weighted by Gasteiger charge is -2.12. The fraction of sp³-hybridized carbons (Fsp3) is 0.188. The standard InChI is InChI=1S/C16H14BrNO2S/c1-12-6-8-14(9-7-12)21(19,20)15(11-18)10-13-4-2-3-5-16(13)17/h2-9,15H,10H2,1H3. The maximum absolute atomic E-state index is 12.6. The zero-order valence-electron chi connectivity index (χ0n) is 11.5. The minimum atomic E-state index is -3.66. The molecule has 0 heterocycles. The van der Waals surface area contributed by atoms with Crippen molar-refractivity contribution in [1.29, 1.82) is 5.26 Å². The molecule has 21 heavy (non-hydrogen) atoms. The van der Waals surface area contributed by atoms with Gasteiger partial charge in [-0.25, -0.2) is 8.42 Å². The average molecular weight is 364 g/mol. The molecule has 2 aromatic rings. The largest absolute Gasteiger partial charge is 0.222 e. The van der Waals surface area contributed by atoms with Crippen LogP contribution in [0.3, 0.4) is 0 Å². The Morgan fingerprint density at radius 3 is 2.33 bits per heavy atom. The number of nitrogens with zero attached hydrogens (tertiary/aromatic N) is 1. The third-order valence-electron chi connectivity index (χ3n) is 3.23. The van der Waals surface area contributed by atoms with Crippen molar-refractivity contribution in [3.05, 3.63) is 64.1 Å². The third kappa shape index (κ3) is 3.52. The summed E-state index contributed by atoms with van der Waals surface area (Å²) in [4.78, 5) is 0.187. The first-order chi connectivity index (χ1) is 9.95. The SMILES string of the molecule is Cc1ccc(S(=O)(=O)C(C#N)Cc2ccccc2Br)cc1. The quantitative estimate of drug-likeness (QED) is 0.832. The van der Waals surface area contributed by atoms with E-state index in [0.717, 1.165) is 15.6 Å². The van der Waals surface area contributed by atoms with Gasteiger partial charge in [0, 0.05) is 10.9 Å². The maximum atomic E-state index is 12.6. The Kier molecular flexibility index (Phi) is 4.81. The molecule has 0 aromatic heterocycles. The van der Waals surface area contributed by atoms with E-state index >= 15 is 0 Å². The van der Waals surface area contributed by atoms with Gasteiger partial charge in [0.2, 0.25) is 0 Å². The Morgan fingerprint density at radius 1 is 1.14 bits per heavy atom. The molecule has 0 bridgehead atoms. The molecule has 2 aromatic carbocycles. The predicted octanol–water partition coefficient (Wildman–Crippen LogP) is 3.67. The summed E-state index contributed by atoms with van der Waals surface area (Å²) in [5, 5.41) is 8.19. The summed E-state index contributed by atoms with van der Waals surface area (Å²) in [6.07, 6.45) is 0.161. The minimum absolute atomic E-state index is 0.161. The van der Waals surface area contributed by atoms with Crippen LogP contribution in [0.1, 0.15) is 11.1 Å². The van der Waals surface area contributed by atoms with Crippen LogP contribution in [0.15, 0.2) is 57.9 Å². The van der Waals surface area contributed by atoms with E-state index in [-0.39, 0.29) is 11.3 Å². The van der Waals surface area contributed by atoms with Crippen molar-refractivity contribution >= 4 is 25.8 Å². The summed E-state index contributed by atoms with van der Waals surface area (Å²) in [6, 6.07) is 15.8. The molecule has 0 aliphatic carbocycles. The number of hydrogen-bond donors (Lipinski definition) is 0. The number of hydrogen-bond acceptors (Lipinski definition) is 3. The number of rotatable bonds is 4. The van der Waals surface area contributed by atoms with Gasteiger partial charge in [0.05, 0.1) is 11.0 Å². The first-order valence-corrected chi connectivity index (χ1v) is 8.72. The van der Waals surface area contributed by atoms with E-state index in [9.17, 15) is 13.7 Å². The van der Waals surface area contributed by atoms with Crippen LogP contribution >= 0.6 is 15.9 Å². The van der Waals surface area contributed by atoms with Gasteiger partial charge in [-0.3, -0.25) is 0 Å². The number of aryl methyl sites for hydroxylation is 1. The van der Waals surface area contributed by atoms with Crippen molar-refractivity contribution in [3.8, 4) is 6.07 Å². The minimum Gasteiger partial charge on any atom is -0.222 e. The van der Waals surface area contributed by atoms with Gasteiger partial charge in [0.25, 0.3) is 0 Å². The highest BCUT2D eigenvalue weighted by Crippen LogP contribution is 2.23. The molecule has 0 aliphatic heterocycles. The normalized spacial score (nSPS) is 12.6. The summed E-state index contributed by atoms with van der Waals surface area (Å²) in [6.45, 7) is 1.89. The van der Waals surface area contributed by atoms with Gasteiger partial charge < -0.3 is 0 Å². The van der Waals surface area contributed by atoms with Crippen molar-refractivity contribution in [2.45, 2.75) is 23.5 Å². The summed E-state index contributed by atoms with van der Waals surface area (Å²) in [5.74, 6) is 0. The zero-order valence-corrected chi connectivity index (χ0v) is 13.9. The number of halogens is 1. The van der Waals surface area contributed by atoms with Crippen LogP contribution in [0.25, 0.3) is 0 Å². The first kappa shape index (κ1) is 15.7. The molecular weight excluding hydrogens is 350 g/mol. The zero-order chi connectivity index (χ0) is 15.5. The summed E-state index contributed by atoms with van der Waals surface area (Å²) >= 11 is 3.38. The molecule has 0 radical (unpaired) electrons. The Bertz CT molecular complexity index is 777. The predicted molar refractivity (Wildman–Crippen MR) is 85.6 cm³/mol. The van der Waals surface area contributed by atoms with Gasteiger partial charge in [-0.15, -0.1) is 0 Å². The van der Waals surface area contributed by atoms with Crippen molar-refractivity contribution < 1.29 is 8.42 Å². The van der Waals surface area contributed by atoms with E-state index in [0.29, 0.717) is 0 Å². The lowest BCUT2D eigenvalue weighted by atomic mass is 10.1. The molecule has 0 saturated carbocycles. The van der Waals surface area contributed by atoms with Crippen LogP contribution in [0, 0.1) is 18.3 Å². The fourth-order valence-corrected chi connectivity index (χ4v) is 3.81. The molecule has 0 spiro atoms. The number of benzene rings is 2. The van der Waals surface area contributed by atoms with Crippen LogP contribution in [-0.2, 0) is 16.3 Å². The van der Waals surface area contributed by atoms with Gasteiger partial charge in [-0.05, 0) is 30.7 Å². The second kappa shape index (κ2) is 6.42. The van der Waals surface area contributed by atoms with Crippen LogP contribution in [0.5, 0.6) is 0 Å². The van der Waals surface area contributed by atoms with Crippen molar-refractivity contribution in [2.75, 3.05) is 0 Å². The van der Waals surface area contributed by atoms with E-state index in [2.05, 4.69) is 15.9 Å². The highest BCUT2D eigenvalue weighted by atomic mass is 79.9. The Labute approximate surface area is 133 Å². The Balaban J connectivity index is 2.35. The molecule has 0 N–H and O–H groups in total. The topological polar surface area (TPSA) is 57.9 Å². The van der Waals surface area contributed by atoms with Crippen LogP contribution < -0.4 is 0 Å². The van der Waals surface area contributed by atoms with Gasteiger partial charge in [0.1, 0.15) is 0 Å². The highest BCUT2D eigenvalue weighted by molar-refractivity contribution is 9.10. The molecule has 1 unspecified atom stereocenters. The van der Waals surface area contributed by atoms with E-state index in [1.54, 1.807) is 24.3 Å². The van der Waals surface area contributed by atoms with E-state index in [4.69, 9.17) is 0 Å². The van der Waals surface area contributed by atoms with E-state index in [1.165, 1.54) is 0 Å². The molecule has 0 saturated heterocycles. The molecule has 5 heteroatoms. The molecule has 1 atom stereocenters. The smallest absolute Gasteiger partial charge is 0.194 e. The second-order valence-electron chi connectivity index (χ2n) is 4.77. The fourth-order valence-electron chi connectivity index (χ4n) is 1.98. The third-order valence-corrected chi connectivity index (χ3v) is 5.96. The summed E-state index contributed by atoms with van der Waals surface area (Å²) in [7, 11) is -3.66.